The number of anilines is 1. The molecule has 0 aromatic heterocycles. The number of hydrogen-bond donors (Lipinski definition) is 0. The van der Waals surface area contributed by atoms with Gasteiger partial charge in [-0.25, -0.2) is 0 Å². The summed E-state index contributed by atoms with van der Waals surface area (Å²) in [6.45, 7) is 4.44. The number of thioether (sulfide) groups is 1. The minimum absolute atomic E-state index is 0.683. The maximum atomic E-state index is 8.86. The maximum Gasteiger partial charge on any atom is 0.100 e. The second kappa shape index (κ2) is 5.11. The van der Waals surface area contributed by atoms with Crippen LogP contribution in [0.15, 0.2) is 22.7 Å². The standard InChI is InChI=1S/C12H13BrN2S/c1-9-8-15(4-5-16-9)11-3-2-10(7-14)12(13)6-11/h2-3,6,9H,4-5,8H2,1H3. The van der Waals surface area contributed by atoms with E-state index in [4.69, 9.17) is 5.26 Å². The molecule has 1 atom stereocenters. The van der Waals surface area contributed by atoms with Crippen molar-refractivity contribution in [3.8, 4) is 6.07 Å². The molecule has 0 bridgehead atoms. The molecule has 0 saturated carbocycles. The van der Waals surface area contributed by atoms with E-state index < -0.39 is 0 Å². The van der Waals surface area contributed by atoms with Crippen LogP contribution in [-0.2, 0) is 0 Å². The summed E-state index contributed by atoms with van der Waals surface area (Å²) in [6, 6.07) is 8.12. The molecule has 1 aliphatic heterocycles. The van der Waals surface area contributed by atoms with Gasteiger partial charge in [-0.05, 0) is 34.1 Å². The fourth-order valence-corrected chi connectivity index (χ4v) is 3.31. The fourth-order valence-electron chi connectivity index (χ4n) is 1.84. The molecule has 0 aliphatic carbocycles. The SMILES string of the molecule is CC1CN(c2ccc(C#N)c(Br)c2)CCS1. The van der Waals surface area contributed by atoms with E-state index >= 15 is 0 Å². The van der Waals surface area contributed by atoms with Crippen molar-refractivity contribution in [1.82, 2.24) is 0 Å². The minimum atomic E-state index is 0.683. The van der Waals surface area contributed by atoms with E-state index in [9.17, 15) is 0 Å². The molecule has 4 heteroatoms. The summed E-state index contributed by atoms with van der Waals surface area (Å²) in [4.78, 5) is 2.38. The van der Waals surface area contributed by atoms with E-state index in [0.29, 0.717) is 10.8 Å². The topological polar surface area (TPSA) is 27.0 Å². The molecule has 2 rings (SSSR count). The summed E-state index contributed by atoms with van der Waals surface area (Å²) in [5.74, 6) is 1.18. The van der Waals surface area contributed by atoms with Gasteiger partial charge in [0.1, 0.15) is 6.07 Å². The predicted molar refractivity (Wildman–Crippen MR) is 73.0 cm³/mol. The van der Waals surface area contributed by atoms with Crippen LogP contribution < -0.4 is 4.90 Å². The molecule has 0 amide bonds. The quantitative estimate of drug-likeness (QED) is 0.796. The van der Waals surface area contributed by atoms with Crippen molar-refractivity contribution in [1.29, 1.82) is 5.26 Å². The molecule has 1 aromatic carbocycles. The summed E-state index contributed by atoms with van der Waals surface area (Å²) in [6.07, 6.45) is 0. The van der Waals surface area contributed by atoms with E-state index in [0.717, 1.165) is 17.6 Å². The summed E-state index contributed by atoms with van der Waals surface area (Å²) < 4.78 is 0.887. The van der Waals surface area contributed by atoms with Gasteiger partial charge in [-0.3, -0.25) is 0 Å². The van der Waals surface area contributed by atoms with Gasteiger partial charge >= 0.3 is 0 Å². The Bertz CT molecular complexity index is 428. The van der Waals surface area contributed by atoms with Crippen LogP contribution in [0.1, 0.15) is 12.5 Å². The van der Waals surface area contributed by atoms with Gasteiger partial charge in [0.25, 0.3) is 0 Å². The molecule has 2 nitrogen and oxygen atoms in total. The Morgan fingerprint density at radius 3 is 3.00 bits per heavy atom. The van der Waals surface area contributed by atoms with Crippen molar-refractivity contribution in [2.24, 2.45) is 0 Å². The van der Waals surface area contributed by atoms with Gasteiger partial charge in [-0.1, -0.05) is 6.92 Å². The Morgan fingerprint density at radius 2 is 2.38 bits per heavy atom. The van der Waals surface area contributed by atoms with Crippen molar-refractivity contribution >= 4 is 33.4 Å². The van der Waals surface area contributed by atoms with E-state index in [1.54, 1.807) is 0 Å². The normalized spacial score (nSPS) is 20.6. The van der Waals surface area contributed by atoms with Crippen LogP contribution in [0.4, 0.5) is 5.69 Å². The first-order valence-corrected chi connectivity index (χ1v) is 7.11. The monoisotopic (exact) mass is 296 g/mol. The number of halogens is 1. The van der Waals surface area contributed by atoms with Crippen LogP contribution >= 0.6 is 27.7 Å². The van der Waals surface area contributed by atoms with Gasteiger partial charge in [0.15, 0.2) is 0 Å². The molecule has 1 saturated heterocycles. The van der Waals surface area contributed by atoms with Crippen LogP contribution in [0.2, 0.25) is 0 Å². The zero-order valence-corrected chi connectivity index (χ0v) is 11.5. The first kappa shape index (κ1) is 11.8. The first-order chi connectivity index (χ1) is 7.70. The van der Waals surface area contributed by atoms with Crippen LogP contribution in [-0.4, -0.2) is 24.1 Å². The van der Waals surface area contributed by atoms with Crippen molar-refractivity contribution in [3.63, 3.8) is 0 Å². The average Bonchev–Trinajstić information content (AvgIpc) is 2.29. The molecule has 16 heavy (non-hydrogen) atoms. The zero-order chi connectivity index (χ0) is 11.5. The predicted octanol–water partition coefficient (Wildman–Crippen LogP) is 3.26. The van der Waals surface area contributed by atoms with Crippen LogP contribution in [0.5, 0.6) is 0 Å². The van der Waals surface area contributed by atoms with Crippen LogP contribution in [0.25, 0.3) is 0 Å². The Hall–Kier alpha value is -0.660. The van der Waals surface area contributed by atoms with Crippen LogP contribution in [0.3, 0.4) is 0 Å². The lowest BCUT2D eigenvalue weighted by Gasteiger charge is -2.32. The molecule has 1 unspecified atom stereocenters. The molecule has 0 spiro atoms. The third-order valence-corrected chi connectivity index (χ3v) is 4.47. The van der Waals surface area contributed by atoms with Gasteiger partial charge in [0.05, 0.1) is 5.56 Å². The molecule has 1 aromatic rings. The Kier molecular flexibility index (Phi) is 3.78. The molecule has 0 radical (unpaired) electrons. The van der Waals surface area contributed by atoms with Gasteiger partial charge in [-0.2, -0.15) is 17.0 Å². The highest BCUT2D eigenvalue weighted by Crippen LogP contribution is 2.27. The van der Waals surface area contributed by atoms with E-state index in [1.807, 2.05) is 30.0 Å². The summed E-state index contributed by atoms with van der Waals surface area (Å²) in [5.41, 5.74) is 1.90. The van der Waals surface area contributed by atoms with E-state index in [1.165, 1.54) is 11.4 Å². The zero-order valence-electron chi connectivity index (χ0n) is 9.11. The van der Waals surface area contributed by atoms with Crippen molar-refractivity contribution in [2.75, 3.05) is 23.7 Å². The molecule has 1 aliphatic rings. The lowest BCUT2D eigenvalue weighted by molar-refractivity contribution is 0.782. The molecular formula is C12H13BrN2S. The number of nitriles is 1. The summed E-state index contributed by atoms with van der Waals surface area (Å²) in [7, 11) is 0. The highest BCUT2D eigenvalue weighted by atomic mass is 79.9. The number of hydrogen-bond acceptors (Lipinski definition) is 3. The van der Waals surface area contributed by atoms with Gasteiger partial charge < -0.3 is 4.90 Å². The Balaban J connectivity index is 2.21. The Labute approximate surface area is 109 Å². The number of nitrogens with zero attached hydrogens (tertiary/aromatic N) is 2. The highest BCUT2D eigenvalue weighted by Gasteiger charge is 2.17. The second-order valence-electron chi connectivity index (χ2n) is 3.90. The third-order valence-electron chi connectivity index (χ3n) is 2.68. The summed E-state index contributed by atoms with van der Waals surface area (Å²) in [5, 5.41) is 9.55. The summed E-state index contributed by atoms with van der Waals surface area (Å²) >= 11 is 5.46. The fraction of sp³-hybridized carbons (Fsp3) is 0.417. The van der Waals surface area contributed by atoms with Gasteiger partial charge in [-0.15, -0.1) is 0 Å². The van der Waals surface area contributed by atoms with Crippen molar-refractivity contribution in [3.05, 3.63) is 28.2 Å². The first-order valence-electron chi connectivity index (χ1n) is 5.27. The maximum absolute atomic E-state index is 8.86. The smallest absolute Gasteiger partial charge is 0.100 e. The van der Waals surface area contributed by atoms with Gasteiger partial charge in [0.2, 0.25) is 0 Å². The van der Waals surface area contributed by atoms with E-state index in [2.05, 4.69) is 33.8 Å². The molecule has 1 heterocycles. The Morgan fingerprint density at radius 1 is 1.56 bits per heavy atom. The number of rotatable bonds is 1. The van der Waals surface area contributed by atoms with Crippen molar-refractivity contribution in [2.45, 2.75) is 12.2 Å². The van der Waals surface area contributed by atoms with Crippen molar-refractivity contribution < 1.29 is 0 Å². The lowest BCUT2D eigenvalue weighted by atomic mass is 10.2. The average molecular weight is 297 g/mol. The second-order valence-corrected chi connectivity index (χ2v) is 6.30. The third kappa shape index (κ3) is 2.53. The number of benzene rings is 1. The van der Waals surface area contributed by atoms with Crippen LogP contribution in [0, 0.1) is 11.3 Å². The highest BCUT2D eigenvalue weighted by molar-refractivity contribution is 9.10. The molecular weight excluding hydrogens is 284 g/mol. The van der Waals surface area contributed by atoms with E-state index in [-0.39, 0.29) is 0 Å². The van der Waals surface area contributed by atoms with Gasteiger partial charge in [0, 0.05) is 34.3 Å². The molecule has 1 fully saturated rings. The largest absolute Gasteiger partial charge is 0.370 e. The minimum Gasteiger partial charge on any atom is -0.370 e. The molecule has 84 valence electrons. The lowest BCUT2D eigenvalue weighted by Crippen LogP contribution is -2.36. The molecule has 0 N–H and O–H groups in total.